The molecule has 0 aromatic rings. The van der Waals surface area contributed by atoms with Crippen molar-refractivity contribution < 1.29 is 13.2 Å². The zero-order valence-electron chi connectivity index (χ0n) is 9.99. The normalized spacial score (nSPS) is 12.8. The Hall–Kier alpha value is 0.0400. The third-order valence-corrected chi connectivity index (χ3v) is 2.91. The maximum atomic E-state index is 12.0. The highest BCUT2D eigenvalue weighted by molar-refractivity contribution is 6.18. The van der Waals surface area contributed by atoms with Gasteiger partial charge in [0.25, 0.3) is 0 Å². The highest BCUT2D eigenvalue weighted by Crippen LogP contribution is 2.22. The number of rotatable bonds is 8. The maximum Gasteiger partial charge on any atom is 0.389 e. The number of hydrogen-bond donors (Lipinski definition) is 0. The summed E-state index contributed by atoms with van der Waals surface area (Å²) in [5, 5.41) is 0. The van der Waals surface area contributed by atoms with E-state index in [1.165, 1.54) is 0 Å². The summed E-state index contributed by atoms with van der Waals surface area (Å²) in [7, 11) is 0. The van der Waals surface area contributed by atoms with E-state index in [0.29, 0.717) is 25.0 Å². The van der Waals surface area contributed by atoms with Gasteiger partial charge in [-0.1, -0.05) is 13.8 Å². The predicted molar refractivity (Wildman–Crippen MR) is 62.0 cm³/mol. The molecule has 0 rings (SSSR count). The molecule has 0 saturated heterocycles. The molecule has 0 aliphatic rings. The molecule has 0 unspecified atom stereocenters. The van der Waals surface area contributed by atoms with Gasteiger partial charge in [0.2, 0.25) is 0 Å². The van der Waals surface area contributed by atoms with E-state index in [4.69, 9.17) is 11.6 Å². The first-order valence-corrected chi connectivity index (χ1v) is 6.34. The molecule has 16 heavy (non-hydrogen) atoms. The van der Waals surface area contributed by atoms with E-state index in [0.717, 1.165) is 12.8 Å². The first-order chi connectivity index (χ1) is 7.44. The van der Waals surface area contributed by atoms with Crippen LogP contribution in [0.2, 0.25) is 0 Å². The smallest absolute Gasteiger partial charge is 0.299 e. The van der Waals surface area contributed by atoms with Crippen molar-refractivity contribution in [2.45, 2.75) is 51.7 Å². The minimum Gasteiger partial charge on any atom is -0.299 e. The molecular formula is C11H21ClF3N. The number of nitrogens with zero attached hydrogens (tertiary/aromatic N) is 1. The van der Waals surface area contributed by atoms with Crippen molar-refractivity contribution in [2.75, 3.05) is 19.0 Å². The SMILES string of the molecule is CCC(CC)N(CCCl)CCCC(F)(F)F. The minimum absolute atomic E-state index is 0.164. The van der Waals surface area contributed by atoms with Crippen LogP contribution in [0, 0.1) is 0 Å². The van der Waals surface area contributed by atoms with Gasteiger partial charge in [-0.15, -0.1) is 11.6 Å². The lowest BCUT2D eigenvalue weighted by atomic mass is 10.1. The largest absolute Gasteiger partial charge is 0.389 e. The molecule has 1 nitrogen and oxygen atoms in total. The molecule has 0 spiro atoms. The lowest BCUT2D eigenvalue weighted by molar-refractivity contribution is -0.136. The van der Waals surface area contributed by atoms with Crippen LogP contribution >= 0.6 is 11.6 Å². The standard InChI is InChI=1S/C11H21ClF3N/c1-3-10(4-2)16(9-7-12)8-5-6-11(13,14)15/h10H,3-9H2,1-2H3. The van der Waals surface area contributed by atoms with E-state index in [2.05, 4.69) is 18.7 Å². The van der Waals surface area contributed by atoms with Crippen LogP contribution in [0.4, 0.5) is 13.2 Å². The van der Waals surface area contributed by atoms with Gasteiger partial charge in [-0.3, -0.25) is 4.90 Å². The second-order valence-corrected chi connectivity index (χ2v) is 4.29. The molecule has 0 saturated carbocycles. The molecule has 0 atom stereocenters. The molecule has 0 aliphatic carbocycles. The topological polar surface area (TPSA) is 3.24 Å². The molecule has 0 amide bonds. The second kappa shape index (κ2) is 8.18. The van der Waals surface area contributed by atoms with Crippen LogP contribution in [0.25, 0.3) is 0 Å². The number of alkyl halides is 4. The molecule has 0 N–H and O–H groups in total. The fraction of sp³-hybridized carbons (Fsp3) is 1.00. The Morgan fingerprint density at radius 1 is 1.12 bits per heavy atom. The van der Waals surface area contributed by atoms with E-state index in [-0.39, 0.29) is 6.42 Å². The molecule has 98 valence electrons. The third-order valence-electron chi connectivity index (χ3n) is 2.74. The van der Waals surface area contributed by atoms with Crippen molar-refractivity contribution in [1.82, 2.24) is 4.90 Å². The molecule has 0 aromatic heterocycles. The highest BCUT2D eigenvalue weighted by atomic mass is 35.5. The van der Waals surface area contributed by atoms with Crippen LogP contribution in [-0.4, -0.2) is 36.1 Å². The van der Waals surface area contributed by atoms with Gasteiger partial charge in [0.1, 0.15) is 0 Å². The molecule has 0 radical (unpaired) electrons. The predicted octanol–water partition coefficient (Wildman–Crippen LogP) is 4.06. The van der Waals surface area contributed by atoms with Crippen LogP contribution in [0.1, 0.15) is 39.5 Å². The molecule has 0 heterocycles. The molecule has 0 aliphatic heterocycles. The van der Waals surface area contributed by atoms with E-state index in [1.54, 1.807) is 0 Å². The average molecular weight is 260 g/mol. The molecule has 0 bridgehead atoms. The average Bonchev–Trinajstić information content (AvgIpc) is 2.17. The highest BCUT2D eigenvalue weighted by Gasteiger charge is 2.27. The quantitative estimate of drug-likeness (QED) is 0.594. The summed E-state index contributed by atoms with van der Waals surface area (Å²) in [5.41, 5.74) is 0. The Morgan fingerprint density at radius 3 is 2.06 bits per heavy atom. The fourth-order valence-corrected chi connectivity index (χ4v) is 2.09. The summed E-state index contributed by atoms with van der Waals surface area (Å²) in [6.45, 7) is 5.27. The first kappa shape index (κ1) is 16.0. The number of hydrogen-bond acceptors (Lipinski definition) is 1. The van der Waals surface area contributed by atoms with E-state index in [1.807, 2.05) is 0 Å². The van der Waals surface area contributed by atoms with Gasteiger partial charge in [0.15, 0.2) is 0 Å². The lowest BCUT2D eigenvalue weighted by Crippen LogP contribution is -2.37. The third kappa shape index (κ3) is 7.34. The summed E-state index contributed by atoms with van der Waals surface area (Å²) >= 11 is 5.66. The van der Waals surface area contributed by atoms with E-state index in [9.17, 15) is 13.2 Å². The summed E-state index contributed by atoms with van der Waals surface area (Å²) in [5.74, 6) is 0.475. The zero-order chi connectivity index (χ0) is 12.6. The first-order valence-electron chi connectivity index (χ1n) is 5.81. The fourth-order valence-electron chi connectivity index (χ4n) is 1.87. The second-order valence-electron chi connectivity index (χ2n) is 3.91. The summed E-state index contributed by atoms with van der Waals surface area (Å²) in [4.78, 5) is 2.07. The Labute approximate surface area is 101 Å². The summed E-state index contributed by atoms with van der Waals surface area (Å²) in [6.07, 6.45) is -2.66. The Morgan fingerprint density at radius 2 is 1.69 bits per heavy atom. The van der Waals surface area contributed by atoms with Crippen LogP contribution in [-0.2, 0) is 0 Å². The van der Waals surface area contributed by atoms with Crippen LogP contribution < -0.4 is 0 Å². The van der Waals surface area contributed by atoms with Gasteiger partial charge in [-0.2, -0.15) is 13.2 Å². The van der Waals surface area contributed by atoms with Gasteiger partial charge in [-0.25, -0.2) is 0 Å². The Bertz CT molecular complexity index is 169. The van der Waals surface area contributed by atoms with Crippen molar-refractivity contribution in [2.24, 2.45) is 0 Å². The van der Waals surface area contributed by atoms with Crippen LogP contribution in [0.3, 0.4) is 0 Å². The van der Waals surface area contributed by atoms with Crippen molar-refractivity contribution in [3.63, 3.8) is 0 Å². The maximum absolute atomic E-state index is 12.0. The summed E-state index contributed by atoms with van der Waals surface area (Å²) < 4.78 is 36.0. The van der Waals surface area contributed by atoms with Crippen molar-refractivity contribution in [3.05, 3.63) is 0 Å². The van der Waals surface area contributed by atoms with Gasteiger partial charge >= 0.3 is 6.18 Å². The number of halogens is 4. The minimum atomic E-state index is -4.04. The molecule has 0 fully saturated rings. The van der Waals surface area contributed by atoms with E-state index >= 15 is 0 Å². The van der Waals surface area contributed by atoms with Crippen molar-refractivity contribution in [3.8, 4) is 0 Å². The Balaban J connectivity index is 4.02. The molecule has 5 heteroatoms. The molecular weight excluding hydrogens is 239 g/mol. The van der Waals surface area contributed by atoms with Gasteiger partial charge in [0, 0.05) is 24.9 Å². The van der Waals surface area contributed by atoms with Crippen LogP contribution in [0.15, 0.2) is 0 Å². The molecule has 0 aromatic carbocycles. The van der Waals surface area contributed by atoms with Gasteiger partial charge < -0.3 is 0 Å². The van der Waals surface area contributed by atoms with Crippen molar-refractivity contribution in [1.29, 1.82) is 0 Å². The Kier molecular flexibility index (Phi) is 8.20. The van der Waals surface area contributed by atoms with Gasteiger partial charge in [0.05, 0.1) is 0 Å². The van der Waals surface area contributed by atoms with Gasteiger partial charge in [-0.05, 0) is 25.8 Å². The van der Waals surface area contributed by atoms with E-state index < -0.39 is 12.6 Å². The zero-order valence-corrected chi connectivity index (χ0v) is 10.7. The lowest BCUT2D eigenvalue weighted by Gasteiger charge is -2.29. The van der Waals surface area contributed by atoms with Crippen LogP contribution in [0.5, 0.6) is 0 Å². The monoisotopic (exact) mass is 259 g/mol. The van der Waals surface area contributed by atoms with Crippen molar-refractivity contribution >= 4 is 11.6 Å². The summed E-state index contributed by atoms with van der Waals surface area (Å²) in [6, 6.07) is 0.354.